The van der Waals surface area contributed by atoms with Crippen molar-refractivity contribution >= 4 is 23.2 Å². The minimum absolute atomic E-state index is 0.0438. The van der Waals surface area contributed by atoms with Gasteiger partial charge in [0.15, 0.2) is 18.9 Å². The molecule has 1 amide bonds. The number of fused-ring (bicyclic) bond motifs is 1. The molecule has 2 heterocycles. The van der Waals surface area contributed by atoms with Crippen molar-refractivity contribution in [3.8, 4) is 0 Å². The average Bonchev–Trinajstić information content (AvgIpc) is 2.92. The summed E-state index contributed by atoms with van der Waals surface area (Å²) in [5, 5.41) is 2.90. The zero-order chi connectivity index (χ0) is 17.2. The first-order valence-electron chi connectivity index (χ1n) is 8.36. The SMILES string of the molecule is Cc1cccc(C[n+]2ccc(/C=C3/C(=O)Nc4ccccc43)cc2)c1. The van der Waals surface area contributed by atoms with Crippen LogP contribution in [0.1, 0.15) is 22.3 Å². The van der Waals surface area contributed by atoms with Gasteiger partial charge in [0, 0.05) is 34.5 Å². The van der Waals surface area contributed by atoms with E-state index in [0.717, 1.165) is 23.4 Å². The lowest BCUT2D eigenvalue weighted by Gasteiger charge is -2.01. The lowest BCUT2D eigenvalue weighted by Crippen LogP contribution is -2.33. The third-order valence-corrected chi connectivity index (χ3v) is 4.39. The van der Waals surface area contributed by atoms with Crippen molar-refractivity contribution in [2.75, 3.05) is 5.32 Å². The molecule has 0 bridgehead atoms. The Balaban J connectivity index is 1.58. The molecule has 25 heavy (non-hydrogen) atoms. The topological polar surface area (TPSA) is 33.0 Å². The van der Waals surface area contributed by atoms with Crippen molar-refractivity contribution in [3.05, 3.63) is 95.3 Å². The van der Waals surface area contributed by atoms with E-state index in [1.54, 1.807) is 0 Å². The third-order valence-electron chi connectivity index (χ3n) is 4.39. The Morgan fingerprint density at radius 2 is 1.80 bits per heavy atom. The van der Waals surface area contributed by atoms with E-state index in [1.165, 1.54) is 11.1 Å². The van der Waals surface area contributed by atoms with Gasteiger partial charge in [-0.3, -0.25) is 4.79 Å². The number of anilines is 1. The van der Waals surface area contributed by atoms with Gasteiger partial charge >= 0.3 is 0 Å². The number of amides is 1. The number of aryl methyl sites for hydroxylation is 1. The Labute approximate surface area is 147 Å². The molecule has 0 unspecified atom stereocenters. The van der Waals surface area contributed by atoms with E-state index in [1.807, 2.05) is 54.9 Å². The van der Waals surface area contributed by atoms with Crippen molar-refractivity contribution in [2.45, 2.75) is 13.5 Å². The molecule has 1 aliphatic rings. The molecule has 1 N–H and O–H groups in total. The van der Waals surface area contributed by atoms with E-state index < -0.39 is 0 Å². The maximum atomic E-state index is 12.2. The zero-order valence-corrected chi connectivity index (χ0v) is 14.1. The first-order chi connectivity index (χ1) is 12.2. The van der Waals surface area contributed by atoms with Gasteiger partial charge in [0.05, 0.1) is 0 Å². The predicted molar refractivity (Wildman–Crippen MR) is 99.9 cm³/mol. The predicted octanol–water partition coefficient (Wildman–Crippen LogP) is 3.82. The van der Waals surface area contributed by atoms with Crippen LogP contribution in [0.5, 0.6) is 0 Å². The number of carbonyl (C=O) groups is 1. The van der Waals surface area contributed by atoms with Crippen LogP contribution in [0.3, 0.4) is 0 Å². The molecule has 0 spiro atoms. The maximum absolute atomic E-state index is 12.2. The van der Waals surface area contributed by atoms with Gasteiger partial charge < -0.3 is 5.32 Å². The van der Waals surface area contributed by atoms with E-state index in [2.05, 4.69) is 41.1 Å². The summed E-state index contributed by atoms with van der Waals surface area (Å²) in [6, 6.07) is 20.4. The second-order valence-corrected chi connectivity index (χ2v) is 6.35. The van der Waals surface area contributed by atoms with Crippen LogP contribution < -0.4 is 9.88 Å². The van der Waals surface area contributed by atoms with Crippen LogP contribution in [0, 0.1) is 6.92 Å². The third kappa shape index (κ3) is 3.22. The molecule has 1 aromatic heterocycles. The summed E-state index contributed by atoms with van der Waals surface area (Å²) in [7, 11) is 0. The number of nitrogens with zero attached hydrogens (tertiary/aromatic N) is 1. The normalized spacial score (nSPS) is 14.4. The van der Waals surface area contributed by atoms with Crippen LogP contribution >= 0.6 is 0 Å². The smallest absolute Gasteiger partial charge is 0.256 e. The molecule has 4 rings (SSSR count). The molecule has 3 heteroatoms. The number of pyridine rings is 1. The van der Waals surface area contributed by atoms with Gasteiger partial charge in [-0.25, -0.2) is 4.57 Å². The maximum Gasteiger partial charge on any atom is 0.256 e. The van der Waals surface area contributed by atoms with Gasteiger partial charge in [-0.1, -0.05) is 42.0 Å². The Hall–Kier alpha value is -3.20. The highest BCUT2D eigenvalue weighted by atomic mass is 16.2. The monoisotopic (exact) mass is 327 g/mol. The second-order valence-electron chi connectivity index (χ2n) is 6.35. The van der Waals surface area contributed by atoms with Crippen LogP contribution in [0.25, 0.3) is 11.6 Å². The molecule has 0 saturated heterocycles. The molecule has 0 atom stereocenters. The fourth-order valence-electron chi connectivity index (χ4n) is 3.14. The molecule has 0 fully saturated rings. The number of aromatic nitrogens is 1. The molecule has 1 aliphatic heterocycles. The van der Waals surface area contributed by atoms with Gasteiger partial charge in [-0.05, 0) is 30.7 Å². The summed E-state index contributed by atoms with van der Waals surface area (Å²) in [5.41, 5.74) is 6.12. The summed E-state index contributed by atoms with van der Waals surface area (Å²) in [4.78, 5) is 12.2. The molecule has 2 aromatic carbocycles. The molecule has 3 aromatic rings. The summed E-state index contributed by atoms with van der Waals surface area (Å²) in [6.07, 6.45) is 6.04. The summed E-state index contributed by atoms with van der Waals surface area (Å²) >= 11 is 0. The van der Waals surface area contributed by atoms with Crippen molar-refractivity contribution in [3.63, 3.8) is 0 Å². The van der Waals surface area contributed by atoms with Gasteiger partial charge in [0.25, 0.3) is 5.91 Å². The quantitative estimate of drug-likeness (QED) is 0.576. The number of para-hydroxylation sites is 1. The van der Waals surface area contributed by atoms with Gasteiger partial charge in [0.2, 0.25) is 0 Å². The van der Waals surface area contributed by atoms with E-state index >= 15 is 0 Å². The Kier molecular flexibility index (Phi) is 3.90. The fraction of sp³-hybridized carbons (Fsp3) is 0.0909. The van der Waals surface area contributed by atoms with Crippen LogP contribution in [-0.4, -0.2) is 5.91 Å². The molecular weight excluding hydrogens is 308 g/mol. The van der Waals surface area contributed by atoms with E-state index in [0.29, 0.717) is 5.57 Å². The van der Waals surface area contributed by atoms with Gasteiger partial charge in [-0.15, -0.1) is 0 Å². The highest BCUT2D eigenvalue weighted by Gasteiger charge is 2.23. The van der Waals surface area contributed by atoms with Crippen molar-refractivity contribution in [1.82, 2.24) is 0 Å². The lowest BCUT2D eigenvalue weighted by molar-refractivity contribution is -0.688. The lowest BCUT2D eigenvalue weighted by atomic mass is 10.0. The Bertz CT molecular complexity index is 971. The number of hydrogen-bond donors (Lipinski definition) is 1. The van der Waals surface area contributed by atoms with Crippen molar-refractivity contribution < 1.29 is 9.36 Å². The van der Waals surface area contributed by atoms with Gasteiger partial charge in [0.1, 0.15) is 0 Å². The summed E-state index contributed by atoms with van der Waals surface area (Å²) < 4.78 is 2.14. The van der Waals surface area contributed by atoms with E-state index in [9.17, 15) is 4.79 Å². The highest BCUT2D eigenvalue weighted by molar-refractivity contribution is 6.34. The van der Waals surface area contributed by atoms with E-state index in [-0.39, 0.29) is 5.91 Å². The Morgan fingerprint density at radius 3 is 2.60 bits per heavy atom. The molecule has 0 aliphatic carbocycles. The van der Waals surface area contributed by atoms with Crippen LogP contribution in [0.15, 0.2) is 73.1 Å². The first kappa shape index (κ1) is 15.3. The summed E-state index contributed by atoms with van der Waals surface area (Å²) in [6.45, 7) is 2.94. The number of carbonyl (C=O) groups excluding carboxylic acids is 1. The molecule has 3 nitrogen and oxygen atoms in total. The largest absolute Gasteiger partial charge is 0.321 e. The zero-order valence-electron chi connectivity index (χ0n) is 14.1. The number of hydrogen-bond acceptors (Lipinski definition) is 1. The van der Waals surface area contributed by atoms with Crippen LogP contribution in [0.4, 0.5) is 5.69 Å². The van der Waals surface area contributed by atoms with Crippen LogP contribution in [-0.2, 0) is 11.3 Å². The minimum atomic E-state index is -0.0438. The fourth-order valence-corrected chi connectivity index (χ4v) is 3.14. The minimum Gasteiger partial charge on any atom is -0.321 e. The Morgan fingerprint density at radius 1 is 1.00 bits per heavy atom. The first-order valence-corrected chi connectivity index (χ1v) is 8.36. The summed E-state index contributed by atoms with van der Waals surface area (Å²) in [5.74, 6) is -0.0438. The van der Waals surface area contributed by atoms with Crippen molar-refractivity contribution in [2.24, 2.45) is 0 Å². The highest BCUT2D eigenvalue weighted by Crippen LogP contribution is 2.32. The molecule has 122 valence electrons. The number of benzene rings is 2. The second kappa shape index (κ2) is 6.36. The van der Waals surface area contributed by atoms with Gasteiger partial charge in [-0.2, -0.15) is 0 Å². The molecule has 0 radical (unpaired) electrons. The average molecular weight is 327 g/mol. The van der Waals surface area contributed by atoms with E-state index in [4.69, 9.17) is 0 Å². The number of nitrogens with one attached hydrogen (secondary N) is 1. The molecular formula is C22H19N2O+. The standard InChI is InChI=1S/C22H18N2O/c1-16-5-4-6-18(13-16)15-24-11-9-17(10-12-24)14-20-19-7-2-3-8-21(19)23-22(20)25/h2-14H,15H2,1H3/p+1. The van der Waals surface area contributed by atoms with Crippen molar-refractivity contribution in [1.29, 1.82) is 0 Å². The number of rotatable bonds is 3. The van der Waals surface area contributed by atoms with Crippen LogP contribution in [0.2, 0.25) is 0 Å². The molecule has 0 saturated carbocycles.